The van der Waals surface area contributed by atoms with E-state index >= 15 is 0 Å². The second-order valence-corrected chi connectivity index (χ2v) is 5.88. The van der Waals surface area contributed by atoms with Gasteiger partial charge in [0, 0.05) is 12.4 Å². The highest BCUT2D eigenvalue weighted by Crippen LogP contribution is 2.26. The third-order valence-corrected chi connectivity index (χ3v) is 4.34. The fourth-order valence-electron chi connectivity index (χ4n) is 2.99. The minimum Gasteiger partial charge on any atom is -0.392 e. The van der Waals surface area contributed by atoms with Crippen molar-refractivity contribution in [2.75, 3.05) is 0 Å². The van der Waals surface area contributed by atoms with Gasteiger partial charge in [-0.2, -0.15) is 5.10 Å². The molecule has 0 radical (unpaired) electrons. The largest absolute Gasteiger partial charge is 0.392 e. The molecule has 5 heteroatoms. The Morgan fingerprint density at radius 2 is 2.14 bits per heavy atom. The van der Waals surface area contributed by atoms with Gasteiger partial charge in [0.05, 0.1) is 23.8 Å². The van der Waals surface area contributed by atoms with E-state index < -0.39 is 6.10 Å². The van der Waals surface area contributed by atoms with Crippen LogP contribution in [-0.2, 0) is 4.79 Å². The number of aromatic nitrogens is 2. The maximum absolute atomic E-state index is 12.2. The fourth-order valence-corrected chi connectivity index (χ4v) is 2.99. The average Bonchev–Trinajstić information content (AvgIpc) is 3.18. The van der Waals surface area contributed by atoms with Crippen molar-refractivity contribution in [2.24, 2.45) is 5.92 Å². The second kappa shape index (κ2) is 6.32. The zero-order chi connectivity index (χ0) is 15.5. The van der Waals surface area contributed by atoms with E-state index in [2.05, 4.69) is 10.4 Å². The number of carbonyl (C=O) groups excluding carboxylic acids is 1. The fraction of sp³-hybridized carbons (Fsp3) is 0.412. The molecular formula is C17H21N3O2. The van der Waals surface area contributed by atoms with E-state index in [4.69, 9.17) is 0 Å². The highest BCUT2D eigenvalue weighted by atomic mass is 16.3. The molecule has 2 aromatic rings. The molecule has 3 rings (SSSR count). The van der Waals surface area contributed by atoms with Crippen molar-refractivity contribution in [1.82, 2.24) is 15.1 Å². The maximum atomic E-state index is 12.2. The number of hydrogen-bond acceptors (Lipinski definition) is 3. The van der Waals surface area contributed by atoms with Gasteiger partial charge in [-0.25, -0.2) is 4.68 Å². The molecule has 22 heavy (non-hydrogen) atoms. The van der Waals surface area contributed by atoms with Gasteiger partial charge >= 0.3 is 0 Å². The first-order valence-corrected chi connectivity index (χ1v) is 7.73. The summed E-state index contributed by atoms with van der Waals surface area (Å²) in [6, 6.07) is 9.75. The molecule has 0 bridgehead atoms. The van der Waals surface area contributed by atoms with Gasteiger partial charge in [-0.3, -0.25) is 4.79 Å². The topological polar surface area (TPSA) is 67.2 Å². The lowest BCUT2D eigenvalue weighted by Crippen LogP contribution is -2.36. The Kier molecular flexibility index (Phi) is 4.24. The van der Waals surface area contributed by atoms with Crippen molar-refractivity contribution in [3.63, 3.8) is 0 Å². The summed E-state index contributed by atoms with van der Waals surface area (Å²) in [5, 5.41) is 17.0. The summed E-state index contributed by atoms with van der Waals surface area (Å²) >= 11 is 0. The molecular weight excluding hydrogens is 278 g/mol. The van der Waals surface area contributed by atoms with Crippen molar-refractivity contribution in [1.29, 1.82) is 0 Å². The van der Waals surface area contributed by atoms with Crippen molar-refractivity contribution < 1.29 is 9.90 Å². The van der Waals surface area contributed by atoms with Crippen LogP contribution >= 0.6 is 0 Å². The van der Waals surface area contributed by atoms with E-state index in [9.17, 15) is 9.90 Å². The molecule has 2 N–H and O–H groups in total. The molecule has 1 fully saturated rings. The van der Waals surface area contributed by atoms with Gasteiger partial charge in [0.1, 0.15) is 0 Å². The molecule has 3 atom stereocenters. The second-order valence-electron chi connectivity index (χ2n) is 5.88. The lowest BCUT2D eigenvalue weighted by molar-refractivity contribution is -0.128. The van der Waals surface area contributed by atoms with Gasteiger partial charge in [0.2, 0.25) is 5.91 Å². The molecule has 0 aliphatic heterocycles. The van der Waals surface area contributed by atoms with E-state index in [1.165, 1.54) is 0 Å². The summed E-state index contributed by atoms with van der Waals surface area (Å²) in [4.78, 5) is 12.2. The van der Waals surface area contributed by atoms with Crippen LogP contribution < -0.4 is 5.32 Å². The molecule has 1 heterocycles. The average molecular weight is 299 g/mol. The molecule has 1 saturated carbocycles. The van der Waals surface area contributed by atoms with Crippen molar-refractivity contribution in [3.8, 4) is 5.69 Å². The zero-order valence-corrected chi connectivity index (χ0v) is 12.6. The number of hydrogen-bond donors (Lipinski definition) is 2. The van der Waals surface area contributed by atoms with Gasteiger partial charge in [-0.1, -0.05) is 12.1 Å². The maximum Gasteiger partial charge on any atom is 0.226 e. The number of nitrogens with zero attached hydrogens (tertiary/aromatic N) is 2. The predicted molar refractivity (Wildman–Crippen MR) is 83.5 cm³/mol. The predicted octanol–water partition coefficient (Wildman–Crippen LogP) is 2.21. The van der Waals surface area contributed by atoms with Crippen LogP contribution in [0.4, 0.5) is 0 Å². The normalized spacial score (nSPS) is 22.5. The van der Waals surface area contributed by atoms with E-state index in [0.29, 0.717) is 0 Å². The number of carbonyl (C=O) groups is 1. The summed E-state index contributed by atoms with van der Waals surface area (Å²) in [5.41, 5.74) is 2.02. The Morgan fingerprint density at radius 3 is 2.73 bits per heavy atom. The molecule has 1 aliphatic carbocycles. The molecule has 116 valence electrons. The Labute approximate surface area is 130 Å². The smallest absolute Gasteiger partial charge is 0.226 e. The van der Waals surface area contributed by atoms with Crippen LogP contribution in [0.3, 0.4) is 0 Å². The molecule has 5 nitrogen and oxygen atoms in total. The third kappa shape index (κ3) is 3.04. The molecule has 1 amide bonds. The Bertz CT molecular complexity index is 622. The van der Waals surface area contributed by atoms with E-state index in [-0.39, 0.29) is 17.9 Å². The van der Waals surface area contributed by atoms with Crippen molar-refractivity contribution in [3.05, 3.63) is 48.3 Å². The standard InChI is InChI=1S/C17H21N3O2/c1-12(19-17(22)15-4-2-5-16(15)21)13-6-8-14(9-7-13)20-11-3-10-18-20/h3,6-12,15-16,21H,2,4-5H2,1H3,(H,19,22). The summed E-state index contributed by atoms with van der Waals surface area (Å²) in [6.45, 7) is 1.96. The van der Waals surface area contributed by atoms with Crippen LogP contribution in [0.1, 0.15) is 37.8 Å². The summed E-state index contributed by atoms with van der Waals surface area (Å²) in [6.07, 6.45) is 5.56. The zero-order valence-electron chi connectivity index (χ0n) is 12.6. The first-order valence-electron chi connectivity index (χ1n) is 7.73. The number of aliphatic hydroxyl groups is 1. The summed E-state index contributed by atoms with van der Waals surface area (Å²) < 4.78 is 1.79. The van der Waals surface area contributed by atoms with Gasteiger partial charge in [0.25, 0.3) is 0 Å². The molecule has 1 aliphatic rings. The van der Waals surface area contributed by atoms with Crippen molar-refractivity contribution >= 4 is 5.91 Å². The molecule has 0 saturated heterocycles. The quantitative estimate of drug-likeness (QED) is 0.909. The van der Waals surface area contributed by atoms with E-state index in [1.807, 2.05) is 43.5 Å². The summed E-state index contributed by atoms with van der Waals surface area (Å²) in [7, 11) is 0. The van der Waals surface area contributed by atoms with Gasteiger partial charge in [-0.05, 0) is 49.9 Å². The Morgan fingerprint density at radius 1 is 1.36 bits per heavy atom. The summed E-state index contributed by atoms with van der Waals surface area (Å²) in [5.74, 6) is -0.306. The van der Waals surface area contributed by atoms with Crippen LogP contribution in [0.2, 0.25) is 0 Å². The lowest BCUT2D eigenvalue weighted by Gasteiger charge is -2.19. The van der Waals surface area contributed by atoms with Crippen LogP contribution in [0.15, 0.2) is 42.7 Å². The van der Waals surface area contributed by atoms with Crippen LogP contribution in [0, 0.1) is 5.92 Å². The molecule has 0 spiro atoms. The number of aliphatic hydroxyl groups excluding tert-OH is 1. The third-order valence-electron chi connectivity index (χ3n) is 4.34. The number of rotatable bonds is 4. The minimum atomic E-state index is -0.491. The highest BCUT2D eigenvalue weighted by molar-refractivity contribution is 5.80. The SMILES string of the molecule is CC(NC(=O)C1CCCC1O)c1ccc(-n2cccn2)cc1. The lowest BCUT2D eigenvalue weighted by atomic mass is 10.0. The van der Waals surface area contributed by atoms with Crippen molar-refractivity contribution in [2.45, 2.75) is 38.3 Å². The molecule has 3 unspecified atom stereocenters. The van der Waals surface area contributed by atoms with Crippen LogP contribution in [0.5, 0.6) is 0 Å². The van der Waals surface area contributed by atoms with Gasteiger partial charge in [0.15, 0.2) is 0 Å². The van der Waals surface area contributed by atoms with Crippen LogP contribution in [0.25, 0.3) is 5.69 Å². The minimum absolute atomic E-state index is 0.0475. The number of amides is 1. The van der Waals surface area contributed by atoms with Gasteiger partial charge < -0.3 is 10.4 Å². The molecule has 1 aromatic heterocycles. The first kappa shape index (κ1) is 14.8. The van der Waals surface area contributed by atoms with Crippen LogP contribution in [-0.4, -0.2) is 26.9 Å². The Balaban J connectivity index is 1.65. The number of nitrogens with one attached hydrogen (secondary N) is 1. The van der Waals surface area contributed by atoms with E-state index in [0.717, 1.165) is 30.5 Å². The highest BCUT2D eigenvalue weighted by Gasteiger charge is 2.31. The monoisotopic (exact) mass is 299 g/mol. The number of benzene rings is 1. The first-order chi connectivity index (χ1) is 10.6. The Hall–Kier alpha value is -2.14. The molecule has 1 aromatic carbocycles. The van der Waals surface area contributed by atoms with Gasteiger partial charge in [-0.15, -0.1) is 0 Å². The van der Waals surface area contributed by atoms with E-state index in [1.54, 1.807) is 10.9 Å².